The van der Waals surface area contributed by atoms with Crippen LogP contribution in [-0.4, -0.2) is 48.0 Å². The predicted molar refractivity (Wildman–Crippen MR) is 103 cm³/mol. The van der Waals surface area contributed by atoms with E-state index >= 15 is 0 Å². The van der Waals surface area contributed by atoms with Gasteiger partial charge in [0.15, 0.2) is 0 Å². The van der Waals surface area contributed by atoms with E-state index in [1.807, 2.05) is 36.4 Å². The molecule has 0 radical (unpaired) electrons. The normalized spacial score (nSPS) is 20.6. The first-order chi connectivity index (χ1) is 13.1. The van der Waals surface area contributed by atoms with Gasteiger partial charge in [-0.05, 0) is 49.6 Å². The molecule has 0 spiro atoms. The maximum Gasteiger partial charge on any atom is 0.123 e. The summed E-state index contributed by atoms with van der Waals surface area (Å²) in [6, 6.07) is 14.5. The molecule has 2 aromatic carbocycles. The first-order valence-corrected chi connectivity index (χ1v) is 9.53. The molecule has 2 N–H and O–H groups in total. The Morgan fingerprint density at radius 1 is 1.07 bits per heavy atom. The van der Waals surface area contributed by atoms with Gasteiger partial charge in [0.2, 0.25) is 0 Å². The highest BCUT2D eigenvalue weighted by molar-refractivity contribution is 5.33. The predicted octanol–water partition coefficient (Wildman–Crippen LogP) is 3.01. The van der Waals surface area contributed by atoms with Crippen molar-refractivity contribution in [1.29, 1.82) is 0 Å². The van der Waals surface area contributed by atoms with Crippen LogP contribution in [0.25, 0.3) is 0 Å². The van der Waals surface area contributed by atoms with Crippen molar-refractivity contribution >= 4 is 0 Å². The molecule has 146 valence electrons. The van der Waals surface area contributed by atoms with E-state index in [4.69, 9.17) is 9.84 Å². The summed E-state index contributed by atoms with van der Waals surface area (Å²) in [6.07, 6.45) is 2.71. The molecule has 5 heteroatoms. The van der Waals surface area contributed by atoms with Gasteiger partial charge in [0.1, 0.15) is 18.2 Å². The van der Waals surface area contributed by atoms with E-state index in [1.54, 1.807) is 0 Å². The van der Waals surface area contributed by atoms with Crippen molar-refractivity contribution in [2.24, 2.45) is 5.41 Å². The van der Waals surface area contributed by atoms with Gasteiger partial charge in [-0.25, -0.2) is 4.39 Å². The molecule has 3 rings (SSSR count). The summed E-state index contributed by atoms with van der Waals surface area (Å²) in [5, 5.41) is 19.2. The fourth-order valence-corrected chi connectivity index (χ4v) is 3.98. The van der Waals surface area contributed by atoms with Crippen LogP contribution < -0.4 is 4.74 Å². The first kappa shape index (κ1) is 19.8. The summed E-state index contributed by atoms with van der Waals surface area (Å²) < 4.78 is 18.8. The average molecular weight is 373 g/mol. The number of hydrogen-bond acceptors (Lipinski definition) is 4. The zero-order chi connectivity index (χ0) is 19.1. The summed E-state index contributed by atoms with van der Waals surface area (Å²) in [6.45, 7) is 2.89. The Bertz CT molecular complexity index is 722. The van der Waals surface area contributed by atoms with Gasteiger partial charge in [-0.3, -0.25) is 4.90 Å². The van der Waals surface area contributed by atoms with E-state index in [9.17, 15) is 9.50 Å². The smallest absolute Gasteiger partial charge is 0.123 e. The van der Waals surface area contributed by atoms with Crippen LogP contribution in [0.1, 0.15) is 24.0 Å². The third-order valence-corrected chi connectivity index (χ3v) is 5.28. The Balaban J connectivity index is 1.70. The van der Waals surface area contributed by atoms with Gasteiger partial charge in [0.25, 0.3) is 0 Å². The lowest BCUT2D eigenvalue weighted by Crippen LogP contribution is -2.46. The highest BCUT2D eigenvalue weighted by Crippen LogP contribution is 2.34. The summed E-state index contributed by atoms with van der Waals surface area (Å²) in [4.78, 5) is 2.35. The highest BCUT2D eigenvalue weighted by atomic mass is 19.1. The van der Waals surface area contributed by atoms with Gasteiger partial charge in [-0.2, -0.15) is 0 Å². The molecule has 0 saturated carbocycles. The average Bonchev–Trinajstić information content (AvgIpc) is 2.69. The molecule has 1 aliphatic rings. The van der Waals surface area contributed by atoms with E-state index in [0.717, 1.165) is 55.8 Å². The van der Waals surface area contributed by atoms with Crippen molar-refractivity contribution in [2.45, 2.75) is 25.8 Å². The zero-order valence-electron chi connectivity index (χ0n) is 15.6. The molecule has 1 fully saturated rings. The van der Waals surface area contributed by atoms with Gasteiger partial charge in [-0.15, -0.1) is 0 Å². The molecule has 0 aliphatic carbocycles. The van der Waals surface area contributed by atoms with Crippen molar-refractivity contribution in [3.8, 4) is 5.75 Å². The number of likely N-dealkylation sites (tertiary alicyclic amines) is 1. The number of aliphatic hydroxyl groups excluding tert-OH is 2. The lowest BCUT2D eigenvalue weighted by atomic mass is 9.75. The van der Waals surface area contributed by atoms with Crippen LogP contribution in [0.2, 0.25) is 0 Å². The minimum absolute atomic E-state index is 0.0106. The van der Waals surface area contributed by atoms with Crippen LogP contribution in [-0.2, 0) is 13.0 Å². The Labute approximate surface area is 160 Å². The van der Waals surface area contributed by atoms with Crippen molar-refractivity contribution in [3.63, 3.8) is 0 Å². The maximum atomic E-state index is 13.2. The lowest BCUT2D eigenvalue weighted by Gasteiger charge is -2.42. The van der Waals surface area contributed by atoms with Crippen LogP contribution in [0.15, 0.2) is 48.5 Å². The summed E-state index contributed by atoms with van der Waals surface area (Å²) in [5.74, 6) is 0.562. The number of benzene rings is 2. The third kappa shape index (κ3) is 5.28. The molecule has 1 heterocycles. The number of piperidine rings is 1. The van der Waals surface area contributed by atoms with Gasteiger partial charge in [0, 0.05) is 24.1 Å². The molecule has 0 bridgehead atoms. The Kier molecular flexibility index (Phi) is 6.83. The molecule has 1 saturated heterocycles. The van der Waals surface area contributed by atoms with Gasteiger partial charge in [0.05, 0.1) is 13.2 Å². The van der Waals surface area contributed by atoms with E-state index in [1.165, 1.54) is 12.1 Å². The van der Waals surface area contributed by atoms with Crippen LogP contribution in [0.5, 0.6) is 5.75 Å². The second-order valence-corrected chi connectivity index (χ2v) is 7.46. The Morgan fingerprint density at radius 3 is 2.59 bits per heavy atom. The highest BCUT2D eigenvalue weighted by Gasteiger charge is 2.35. The van der Waals surface area contributed by atoms with Crippen molar-refractivity contribution < 1.29 is 19.3 Å². The summed E-state index contributed by atoms with van der Waals surface area (Å²) in [5.41, 5.74) is 1.93. The first-order valence-electron chi connectivity index (χ1n) is 9.53. The second kappa shape index (κ2) is 9.31. The molecule has 2 aromatic rings. The number of nitrogens with zero attached hydrogens (tertiary/aromatic N) is 1. The van der Waals surface area contributed by atoms with Gasteiger partial charge >= 0.3 is 0 Å². The number of aliphatic hydroxyl groups is 2. The zero-order valence-corrected chi connectivity index (χ0v) is 15.6. The fourth-order valence-electron chi connectivity index (χ4n) is 3.98. The topological polar surface area (TPSA) is 52.9 Å². The summed E-state index contributed by atoms with van der Waals surface area (Å²) >= 11 is 0. The van der Waals surface area contributed by atoms with Crippen LogP contribution in [0, 0.1) is 11.2 Å². The van der Waals surface area contributed by atoms with Crippen molar-refractivity contribution in [1.82, 2.24) is 4.90 Å². The number of halogens is 1. The van der Waals surface area contributed by atoms with Crippen LogP contribution >= 0.6 is 0 Å². The molecule has 0 unspecified atom stereocenters. The maximum absolute atomic E-state index is 13.2. The lowest BCUT2D eigenvalue weighted by molar-refractivity contribution is 0.0284. The summed E-state index contributed by atoms with van der Waals surface area (Å²) in [7, 11) is 0. The molecule has 1 atom stereocenters. The van der Waals surface area contributed by atoms with Crippen molar-refractivity contribution in [2.75, 3.05) is 32.9 Å². The minimum Gasteiger partial charge on any atom is -0.491 e. The monoisotopic (exact) mass is 373 g/mol. The van der Waals surface area contributed by atoms with E-state index < -0.39 is 0 Å². The molecule has 4 nitrogen and oxygen atoms in total. The Morgan fingerprint density at radius 2 is 1.85 bits per heavy atom. The molecular formula is C22H28FNO3. The SMILES string of the molecule is OCCOc1ccccc1CN1CCC[C@@](CO)(Cc2ccc(F)cc2)C1. The van der Waals surface area contributed by atoms with E-state index in [0.29, 0.717) is 0 Å². The van der Waals surface area contributed by atoms with Crippen LogP contribution in [0.4, 0.5) is 4.39 Å². The van der Waals surface area contributed by atoms with Crippen LogP contribution in [0.3, 0.4) is 0 Å². The fraction of sp³-hybridized carbons (Fsp3) is 0.455. The number of rotatable bonds is 8. The third-order valence-electron chi connectivity index (χ3n) is 5.28. The van der Waals surface area contributed by atoms with Gasteiger partial charge in [-0.1, -0.05) is 30.3 Å². The standard InChI is InChI=1S/C22H28FNO3/c23-20-8-6-18(7-9-20)14-22(17-26)10-3-11-24(16-22)15-19-4-1-2-5-21(19)27-13-12-25/h1-2,4-9,25-26H,3,10-17H2/t22-/m1/s1. The van der Waals surface area contributed by atoms with Crippen molar-refractivity contribution in [3.05, 3.63) is 65.5 Å². The molecule has 0 amide bonds. The van der Waals surface area contributed by atoms with Gasteiger partial charge < -0.3 is 14.9 Å². The molecule has 27 heavy (non-hydrogen) atoms. The van der Waals surface area contributed by atoms with E-state index in [2.05, 4.69) is 4.90 Å². The minimum atomic E-state index is -0.235. The number of ether oxygens (including phenoxy) is 1. The largest absolute Gasteiger partial charge is 0.491 e. The quantitative estimate of drug-likeness (QED) is 0.747. The number of para-hydroxylation sites is 1. The molecular weight excluding hydrogens is 345 g/mol. The molecule has 0 aromatic heterocycles. The number of hydrogen-bond donors (Lipinski definition) is 2. The molecule has 1 aliphatic heterocycles. The van der Waals surface area contributed by atoms with E-state index in [-0.39, 0.29) is 31.1 Å². The Hall–Kier alpha value is -1.95. The second-order valence-electron chi connectivity index (χ2n) is 7.46.